The van der Waals surface area contributed by atoms with Gasteiger partial charge in [-0.15, -0.1) is 0 Å². The SMILES string of the molecule is CCOC(=O)CNC(=O)NCc1ccccc1-c1ccc(C2OC(CN3C(C(=O)NC(C)(C)C)CCC4CCCCC43)CC(c3ccc(CO)cc3)O2)cc1. The Balaban J connectivity index is 1.21. The second-order valence-corrected chi connectivity index (χ2v) is 16.1. The maximum atomic E-state index is 13.8. The lowest BCUT2D eigenvalue weighted by Crippen LogP contribution is -2.61. The Hall–Kier alpha value is -4.29. The van der Waals surface area contributed by atoms with Gasteiger partial charge in [-0.05, 0) is 87.1 Å². The average molecular weight is 755 g/mol. The van der Waals surface area contributed by atoms with Gasteiger partial charge in [0.25, 0.3) is 0 Å². The van der Waals surface area contributed by atoms with Crippen LogP contribution in [0.3, 0.4) is 0 Å². The van der Waals surface area contributed by atoms with E-state index in [4.69, 9.17) is 14.2 Å². The molecule has 3 aromatic rings. The molecule has 55 heavy (non-hydrogen) atoms. The number of urea groups is 1. The van der Waals surface area contributed by atoms with Gasteiger partial charge in [-0.1, -0.05) is 85.6 Å². The standard InChI is InChI=1S/C44H58N4O7/c1-5-53-40(50)26-46-43(52)45-25-34-11-6-8-12-36(34)30-18-20-33(21-19-30)42-54-35(24-39(55-42)32-16-14-29(28-49)15-17-32)27-48-37-13-9-7-10-31(37)22-23-38(48)41(51)47-44(2,3)4/h6,8,11-12,14-21,31,35,37-39,42,49H,5,7,9-10,13,22-28H2,1-4H3,(H,47,51)(H2,45,46,52). The van der Waals surface area contributed by atoms with E-state index in [9.17, 15) is 19.5 Å². The number of hydrogen-bond acceptors (Lipinski definition) is 8. The average Bonchev–Trinajstić information content (AvgIpc) is 3.19. The van der Waals surface area contributed by atoms with Crippen molar-refractivity contribution < 1.29 is 33.7 Å². The number of aliphatic hydroxyl groups excluding tert-OH is 1. The van der Waals surface area contributed by atoms with Crippen molar-refractivity contribution in [2.45, 2.75) is 122 Å². The van der Waals surface area contributed by atoms with Gasteiger partial charge in [-0.3, -0.25) is 14.5 Å². The number of nitrogens with one attached hydrogen (secondary N) is 3. The van der Waals surface area contributed by atoms with E-state index in [0.717, 1.165) is 52.6 Å². The van der Waals surface area contributed by atoms with E-state index >= 15 is 0 Å². The fourth-order valence-corrected chi connectivity index (χ4v) is 8.37. The van der Waals surface area contributed by atoms with Crippen molar-refractivity contribution in [2.24, 2.45) is 5.92 Å². The normalized spacial score (nSPS) is 24.3. The van der Waals surface area contributed by atoms with Gasteiger partial charge in [0.2, 0.25) is 5.91 Å². The van der Waals surface area contributed by atoms with Crippen LogP contribution in [0.4, 0.5) is 4.79 Å². The molecule has 296 valence electrons. The predicted molar refractivity (Wildman–Crippen MR) is 211 cm³/mol. The molecule has 0 radical (unpaired) electrons. The predicted octanol–water partition coefficient (Wildman–Crippen LogP) is 6.69. The first-order chi connectivity index (χ1) is 26.5. The molecule has 3 aliphatic rings. The number of carbonyl (C=O) groups excluding carboxylic acids is 3. The lowest BCUT2D eigenvalue weighted by atomic mass is 9.75. The van der Waals surface area contributed by atoms with Crippen molar-refractivity contribution in [1.82, 2.24) is 20.9 Å². The van der Waals surface area contributed by atoms with E-state index in [1.165, 1.54) is 19.3 Å². The number of esters is 1. The van der Waals surface area contributed by atoms with Crippen molar-refractivity contribution in [1.29, 1.82) is 0 Å². The first-order valence-corrected chi connectivity index (χ1v) is 19.9. The molecule has 1 aliphatic carbocycles. The number of fused-ring (bicyclic) bond motifs is 1. The van der Waals surface area contributed by atoms with Gasteiger partial charge >= 0.3 is 12.0 Å². The molecule has 6 atom stereocenters. The van der Waals surface area contributed by atoms with E-state index in [2.05, 4.69) is 20.9 Å². The number of nitrogens with zero attached hydrogens (tertiary/aromatic N) is 1. The molecule has 3 fully saturated rings. The lowest BCUT2D eigenvalue weighted by molar-refractivity contribution is -0.255. The highest BCUT2D eigenvalue weighted by Crippen LogP contribution is 2.42. The van der Waals surface area contributed by atoms with Crippen molar-refractivity contribution in [3.63, 3.8) is 0 Å². The zero-order valence-electron chi connectivity index (χ0n) is 32.7. The molecule has 6 rings (SSSR count). The molecule has 11 heteroatoms. The number of aliphatic hydroxyl groups is 1. The summed E-state index contributed by atoms with van der Waals surface area (Å²) in [7, 11) is 0. The van der Waals surface area contributed by atoms with Gasteiger partial charge in [0, 0.05) is 36.7 Å². The number of rotatable bonds is 12. The summed E-state index contributed by atoms with van der Waals surface area (Å²) in [6.45, 7) is 8.78. The van der Waals surface area contributed by atoms with Gasteiger partial charge in [0.15, 0.2) is 6.29 Å². The van der Waals surface area contributed by atoms with Crippen LogP contribution >= 0.6 is 0 Å². The number of ether oxygens (including phenoxy) is 3. The quantitative estimate of drug-likeness (QED) is 0.150. The molecule has 3 amide bonds. The van der Waals surface area contributed by atoms with Crippen LogP contribution in [0.5, 0.6) is 0 Å². The van der Waals surface area contributed by atoms with Crippen LogP contribution in [0.15, 0.2) is 72.8 Å². The minimum Gasteiger partial charge on any atom is -0.465 e. The molecular formula is C44H58N4O7. The number of hydrogen-bond donors (Lipinski definition) is 4. The first-order valence-electron chi connectivity index (χ1n) is 19.9. The number of likely N-dealkylation sites (tertiary alicyclic amines) is 1. The van der Waals surface area contributed by atoms with Crippen LogP contribution in [0, 0.1) is 5.92 Å². The van der Waals surface area contributed by atoms with Crippen LogP contribution in [0.25, 0.3) is 11.1 Å². The summed E-state index contributed by atoms with van der Waals surface area (Å²) in [6.07, 6.45) is 6.23. The molecule has 3 aromatic carbocycles. The van der Waals surface area contributed by atoms with E-state index in [-0.39, 0.29) is 56.0 Å². The summed E-state index contributed by atoms with van der Waals surface area (Å²) in [5.74, 6) is 0.201. The van der Waals surface area contributed by atoms with Crippen molar-refractivity contribution >= 4 is 17.9 Å². The zero-order chi connectivity index (χ0) is 39.0. The Morgan fingerprint density at radius 2 is 1.60 bits per heavy atom. The minimum absolute atomic E-state index is 0.0239. The monoisotopic (exact) mass is 754 g/mol. The van der Waals surface area contributed by atoms with Crippen LogP contribution in [0.1, 0.15) is 107 Å². The van der Waals surface area contributed by atoms with E-state index in [1.807, 2.05) is 93.6 Å². The largest absolute Gasteiger partial charge is 0.465 e. The third-order valence-corrected chi connectivity index (χ3v) is 11.0. The maximum absolute atomic E-state index is 13.8. The number of amides is 3. The number of benzene rings is 3. The summed E-state index contributed by atoms with van der Waals surface area (Å²) in [5.41, 5.74) is 5.30. The molecule has 11 nitrogen and oxygen atoms in total. The Morgan fingerprint density at radius 1 is 0.873 bits per heavy atom. The maximum Gasteiger partial charge on any atom is 0.325 e. The number of carbonyl (C=O) groups is 3. The fraction of sp³-hybridized carbons (Fsp3) is 0.523. The summed E-state index contributed by atoms with van der Waals surface area (Å²) in [4.78, 5) is 40.3. The topological polar surface area (TPSA) is 138 Å². The molecule has 1 saturated carbocycles. The van der Waals surface area contributed by atoms with Crippen molar-refractivity contribution in [2.75, 3.05) is 19.7 Å². The smallest absolute Gasteiger partial charge is 0.325 e. The molecule has 2 aliphatic heterocycles. The van der Waals surface area contributed by atoms with Crippen LogP contribution < -0.4 is 16.0 Å². The molecule has 0 aromatic heterocycles. The van der Waals surface area contributed by atoms with Crippen LogP contribution in [-0.4, -0.2) is 71.3 Å². The highest BCUT2D eigenvalue weighted by atomic mass is 16.7. The van der Waals surface area contributed by atoms with E-state index in [1.54, 1.807) is 6.92 Å². The molecule has 6 unspecified atom stereocenters. The van der Waals surface area contributed by atoms with E-state index < -0.39 is 18.3 Å². The summed E-state index contributed by atoms with van der Waals surface area (Å²) in [6, 6.07) is 23.6. The number of piperidine rings is 1. The Morgan fingerprint density at radius 3 is 2.33 bits per heavy atom. The van der Waals surface area contributed by atoms with Crippen LogP contribution in [-0.2, 0) is 37.0 Å². The fourth-order valence-electron chi connectivity index (χ4n) is 8.37. The summed E-state index contributed by atoms with van der Waals surface area (Å²) < 4.78 is 18.4. The Bertz CT molecular complexity index is 1740. The molecular weight excluding hydrogens is 697 g/mol. The van der Waals surface area contributed by atoms with Gasteiger partial charge in [0.1, 0.15) is 6.54 Å². The summed E-state index contributed by atoms with van der Waals surface area (Å²) in [5, 5.41) is 18.3. The second-order valence-electron chi connectivity index (χ2n) is 16.1. The third kappa shape index (κ3) is 10.7. The molecule has 0 spiro atoms. The van der Waals surface area contributed by atoms with Gasteiger partial charge < -0.3 is 35.3 Å². The minimum atomic E-state index is -0.635. The highest BCUT2D eigenvalue weighted by Gasteiger charge is 2.44. The molecule has 2 heterocycles. The lowest BCUT2D eigenvalue weighted by Gasteiger charge is -2.50. The first kappa shape index (κ1) is 40.4. The summed E-state index contributed by atoms with van der Waals surface area (Å²) >= 11 is 0. The second kappa shape index (κ2) is 18.6. The van der Waals surface area contributed by atoms with Gasteiger partial charge in [-0.2, -0.15) is 0 Å². The molecule has 0 bridgehead atoms. The molecule has 2 saturated heterocycles. The zero-order valence-corrected chi connectivity index (χ0v) is 32.7. The van der Waals surface area contributed by atoms with E-state index in [0.29, 0.717) is 24.9 Å². The van der Waals surface area contributed by atoms with Crippen LogP contribution in [0.2, 0.25) is 0 Å². The van der Waals surface area contributed by atoms with Gasteiger partial charge in [0.05, 0.1) is 31.5 Å². The Kier molecular flexibility index (Phi) is 13.6. The highest BCUT2D eigenvalue weighted by molar-refractivity contribution is 5.82. The third-order valence-electron chi connectivity index (χ3n) is 11.0. The van der Waals surface area contributed by atoms with Gasteiger partial charge in [-0.25, -0.2) is 4.79 Å². The van der Waals surface area contributed by atoms with Crippen molar-refractivity contribution in [3.05, 3.63) is 95.1 Å². The van der Waals surface area contributed by atoms with Crippen molar-refractivity contribution in [3.8, 4) is 11.1 Å². The molecule has 4 N–H and O–H groups in total. The Labute approximate surface area is 325 Å².